The molecule has 3 heterocycles. The first-order chi connectivity index (χ1) is 13.8. The first kappa shape index (κ1) is 22.1. The first-order valence-corrected chi connectivity index (χ1v) is 12.9. The Hall–Kier alpha value is -1.62. The maximum Gasteiger partial charge on any atom is 0.233 e. The minimum atomic E-state index is -3.03. The maximum atomic E-state index is 12.5. The summed E-state index contributed by atoms with van der Waals surface area (Å²) in [6.07, 6.45) is 4.05. The van der Waals surface area contributed by atoms with Crippen LogP contribution >= 0.6 is 11.8 Å². The second kappa shape index (κ2) is 9.46. The van der Waals surface area contributed by atoms with Gasteiger partial charge in [-0.05, 0) is 33.1 Å². The van der Waals surface area contributed by atoms with Crippen molar-refractivity contribution < 1.29 is 18.0 Å². The van der Waals surface area contributed by atoms with Gasteiger partial charge in [0.05, 0.1) is 23.3 Å². The third-order valence-corrected chi connectivity index (χ3v) is 8.19. The molecule has 1 N–H and O–H groups in total. The van der Waals surface area contributed by atoms with Gasteiger partial charge in [-0.25, -0.2) is 8.42 Å². The number of rotatable bonds is 7. The average Bonchev–Trinajstić information content (AvgIpc) is 3.14. The highest BCUT2D eigenvalue weighted by Crippen LogP contribution is 2.24. The van der Waals surface area contributed by atoms with Crippen molar-refractivity contribution in [1.82, 2.24) is 25.0 Å². The van der Waals surface area contributed by atoms with E-state index >= 15 is 0 Å². The van der Waals surface area contributed by atoms with E-state index in [1.54, 1.807) is 6.92 Å². The van der Waals surface area contributed by atoms with E-state index in [1.165, 1.54) is 11.8 Å². The topological polar surface area (TPSA) is 114 Å². The van der Waals surface area contributed by atoms with Crippen molar-refractivity contribution in [3.63, 3.8) is 0 Å². The Kier molecular flexibility index (Phi) is 7.20. The van der Waals surface area contributed by atoms with E-state index in [-0.39, 0.29) is 29.4 Å². The molecule has 0 saturated carbocycles. The molecule has 1 aromatic heterocycles. The van der Waals surface area contributed by atoms with Gasteiger partial charge in [0, 0.05) is 25.6 Å². The summed E-state index contributed by atoms with van der Waals surface area (Å²) >= 11 is 1.30. The number of hydrogen-bond donors (Lipinski definition) is 1. The quantitative estimate of drug-likeness (QED) is 0.625. The van der Waals surface area contributed by atoms with Crippen LogP contribution in [0.15, 0.2) is 5.16 Å². The lowest BCUT2D eigenvalue weighted by molar-refractivity contribution is -0.131. The van der Waals surface area contributed by atoms with E-state index in [2.05, 4.69) is 15.5 Å². The van der Waals surface area contributed by atoms with Crippen LogP contribution in [0, 0.1) is 0 Å². The van der Waals surface area contributed by atoms with Crippen molar-refractivity contribution in [1.29, 1.82) is 0 Å². The van der Waals surface area contributed by atoms with Gasteiger partial charge in [-0.1, -0.05) is 18.2 Å². The van der Waals surface area contributed by atoms with Crippen LogP contribution in [-0.2, 0) is 32.5 Å². The van der Waals surface area contributed by atoms with Gasteiger partial charge in [-0.15, -0.1) is 10.2 Å². The van der Waals surface area contributed by atoms with Crippen LogP contribution < -0.4 is 5.32 Å². The predicted octanol–water partition coefficient (Wildman–Crippen LogP) is 0.985. The van der Waals surface area contributed by atoms with Gasteiger partial charge < -0.3 is 14.8 Å². The number of nitrogens with one attached hydrogen (secondary N) is 1. The molecule has 3 rings (SSSR count). The van der Waals surface area contributed by atoms with E-state index < -0.39 is 15.1 Å². The lowest BCUT2D eigenvalue weighted by Crippen LogP contribution is -2.40. The Bertz CT molecular complexity index is 854. The molecule has 0 aromatic carbocycles. The van der Waals surface area contributed by atoms with Crippen LogP contribution in [0.4, 0.5) is 0 Å². The van der Waals surface area contributed by atoms with Crippen LogP contribution in [0.25, 0.3) is 0 Å². The summed E-state index contributed by atoms with van der Waals surface area (Å²) in [6.45, 7) is 5.56. The lowest BCUT2D eigenvalue weighted by Gasteiger charge is -2.20. The molecule has 2 aliphatic rings. The lowest BCUT2D eigenvalue weighted by atomic mass is 10.2. The Balaban J connectivity index is 1.61. The molecule has 0 unspecified atom stereocenters. The van der Waals surface area contributed by atoms with Gasteiger partial charge in [0.1, 0.15) is 0 Å². The molecule has 2 atom stereocenters. The van der Waals surface area contributed by atoms with Crippen molar-refractivity contribution in [2.75, 3.05) is 18.1 Å². The highest BCUT2D eigenvalue weighted by molar-refractivity contribution is 8.00. The summed E-state index contributed by atoms with van der Waals surface area (Å²) in [7, 11) is -3.03. The number of sulfone groups is 1. The van der Waals surface area contributed by atoms with Gasteiger partial charge in [0.2, 0.25) is 11.8 Å². The molecule has 0 aliphatic carbocycles. The Morgan fingerprint density at radius 1 is 1.31 bits per heavy atom. The number of carbonyl (C=O) groups is 2. The van der Waals surface area contributed by atoms with Crippen molar-refractivity contribution in [2.45, 2.75) is 75.5 Å². The molecule has 11 heteroatoms. The fraction of sp³-hybridized carbons (Fsp3) is 0.778. The fourth-order valence-electron chi connectivity index (χ4n) is 3.66. The fourth-order valence-corrected chi connectivity index (χ4v) is 6.27. The summed E-state index contributed by atoms with van der Waals surface area (Å²) in [5, 5.41) is 11.5. The van der Waals surface area contributed by atoms with Crippen LogP contribution in [0.5, 0.6) is 0 Å². The normalized spacial score (nSPS) is 23.0. The van der Waals surface area contributed by atoms with Gasteiger partial charge in [0.15, 0.2) is 20.8 Å². The summed E-state index contributed by atoms with van der Waals surface area (Å²) in [5.41, 5.74) is 0. The number of amides is 2. The number of aromatic nitrogens is 3. The van der Waals surface area contributed by atoms with Crippen LogP contribution in [-0.4, -0.2) is 69.2 Å². The largest absolute Gasteiger partial charge is 0.351 e. The summed E-state index contributed by atoms with van der Waals surface area (Å²) in [5.74, 6) is 0.811. The van der Waals surface area contributed by atoms with Crippen molar-refractivity contribution in [3.8, 4) is 0 Å². The average molecular weight is 444 g/mol. The van der Waals surface area contributed by atoms with Crippen LogP contribution in [0.2, 0.25) is 0 Å². The molecule has 0 radical (unpaired) electrons. The molecule has 29 heavy (non-hydrogen) atoms. The van der Waals surface area contributed by atoms with Gasteiger partial charge >= 0.3 is 0 Å². The highest BCUT2D eigenvalue weighted by Gasteiger charge is 2.30. The maximum absolute atomic E-state index is 12.5. The van der Waals surface area contributed by atoms with E-state index in [1.807, 2.05) is 16.4 Å². The van der Waals surface area contributed by atoms with E-state index in [0.717, 1.165) is 31.6 Å². The second-order valence-electron chi connectivity index (χ2n) is 7.64. The Labute approximate surface area is 175 Å². The number of hydrogen-bond acceptors (Lipinski definition) is 7. The van der Waals surface area contributed by atoms with Gasteiger partial charge in [-0.2, -0.15) is 0 Å². The van der Waals surface area contributed by atoms with E-state index in [4.69, 9.17) is 0 Å². The summed E-state index contributed by atoms with van der Waals surface area (Å²) in [4.78, 5) is 26.6. The van der Waals surface area contributed by atoms with Gasteiger partial charge in [0.25, 0.3) is 0 Å². The van der Waals surface area contributed by atoms with E-state index in [0.29, 0.717) is 31.1 Å². The molecular weight excluding hydrogens is 414 g/mol. The number of nitrogens with zero attached hydrogens (tertiary/aromatic N) is 4. The zero-order chi connectivity index (χ0) is 21.0. The standard InChI is InChI=1S/C18H29N5O4S2/c1-3-23-15(11-22-9-6-4-5-7-16(22)24)20-21-18(23)28-13(2)17(25)19-14-8-10-29(26,27)12-14/h13-14H,3-12H2,1-2H3,(H,19,25)/t13-,14+/m0/s1. The van der Waals surface area contributed by atoms with Crippen molar-refractivity contribution >= 4 is 33.4 Å². The SMILES string of the molecule is CCn1c(CN2CCCCCC2=O)nnc1S[C@@H](C)C(=O)N[C@@H]1CCS(=O)(=O)C1. The highest BCUT2D eigenvalue weighted by atomic mass is 32.2. The molecule has 2 fully saturated rings. The molecule has 162 valence electrons. The number of likely N-dealkylation sites (tertiary alicyclic amines) is 1. The monoisotopic (exact) mass is 443 g/mol. The number of thioether (sulfide) groups is 1. The van der Waals surface area contributed by atoms with Crippen molar-refractivity contribution in [3.05, 3.63) is 5.82 Å². The molecular formula is C18H29N5O4S2. The summed E-state index contributed by atoms with van der Waals surface area (Å²) in [6, 6.07) is -0.316. The van der Waals surface area contributed by atoms with E-state index in [9.17, 15) is 18.0 Å². The zero-order valence-electron chi connectivity index (χ0n) is 17.0. The third-order valence-electron chi connectivity index (χ3n) is 5.34. The molecule has 1 aromatic rings. The smallest absolute Gasteiger partial charge is 0.233 e. The Morgan fingerprint density at radius 3 is 2.79 bits per heavy atom. The minimum Gasteiger partial charge on any atom is -0.351 e. The minimum absolute atomic E-state index is 0.00921. The molecule has 2 aliphatic heterocycles. The second-order valence-corrected chi connectivity index (χ2v) is 11.2. The molecule has 2 amide bonds. The first-order valence-electron chi connectivity index (χ1n) is 10.2. The Morgan fingerprint density at radius 2 is 2.10 bits per heavy atom. The predicted molar refractivity (Wildman–Crippen MR) is 110 cm³/mol. The van der Waals surface area contributed by atoms with Crippen LogP contribution in [0.3, 0.4) is 0 Å². The molecule has 0 bridgehead atoms. The molecule has 9 nitrogen and oxygen atoms in total. The van der Waals surface area contributed by atoms with Crippen LogP contribution in [0.1, 0.15) is 51.8 Å². The summed E-state index contributed by atoms with van der Waals surface area (Å²) < 4.78 is 25.1. The third kappa shape index (κ3) is 5.71. The zero-order valence-corrected chi connectivity index (χ0v) is 18.6. The van der Waals surface area contributed by atoms with Crippen molar-refractivity contribution in [2.24, 2.45) is 0 Å². The number of carbonyl (C=O) groups excluding carboxylic acids is 2. The van der Waals surface area contributed by atoms with Gasteiger partial charge in [-0.3, -0.25) is 9.59 Å². The molecule has 0 spiro atoms. The molecule has 2 saturated heterocycles.